The fourth-order valence-corrected chi connectivity index (χ4v) is 2.29. The highest BCUT2D eigenvalue weighted by Crippen LogP contribution is 2.24. The lowest BCUT2D eigenvalue weighted by atomic mass is 10.1. The SMILES string of the molecule is CC(C)N(C)CCCNC(=O)C1CNc2ccccc2N1. The molecule has 1 aliphatic rings. The van der Waals surface area contributed by atoms with E-state index in [0.29, 0.717) is 12.6 Å². The Morgan fingerprint density at radius 2 is 2.10 bits per heavy atom. The van der Waals surface area contributed by atoms with E-state index in [4.69, 9.17) is 0 Å². The van der Waals surface area contributed by atoms with Crippen LogP contribution >= 0.6 is 0 Å². The average molecular weight is 290 g/mol. The van der Waals surface area contributed by atoms with E-state index in [0.717, 1.165) is 30.9 Å². The summed E-state index contributed by atoms with van der Waals surface area (Å²) >= 11 is 0. The topological polar surface area (TPSA) is 56.4 Å². The smallest absolute Gasteiger partial charge is 0.244 e. The summed E-state index contributed by atoms with van der Waals surface area (Å²) in [4.78, 5) is 14.4. The van der Waals surface area contributed by atoms with Gasteiger partial charge in [0.2, 0.25) is 5.91 Å². The Morgan fingerprint density at radius 3 is 2.81 bits per heavy atom. The number of nitrogens with one attached hydrogen (secondary N) is 3. The molecule has 1 aliphatic heterocycles. The Bertz CT molecular complexity index is 475. The van der Waals surface area contributed by atoms with Gasteiger partial charge in [-0.3, -0.25) is 4.79 Å². The molecule has 1 amide bonds. The first-order chi connectivity index (χ1) is 10.1. The molecule has 5 heteroatoms. The Balaban J connectivity index is 1.73. The zero-order chi connectivity index (χ0) is 15.2. The van der Waals surface area contributed by atoms with Crippen molar-refractivity contribution in [2.24, 2.45) is 0 Å². The Hall–Kier alpha value is -1.75. The molecule has 116 valence electrons. The van der Waals surface area contributed by atoms with Gasteiger partial charge in [0.25, 0.3) is 0 Å². The van der Waals surface area contributed by atoms with Crippen molar-refractivity contribution in [2.45, 2.75) is 32.4 Å². The number of benzene rings is 1. The van der Waals surface area contributed by atoms with E-state index in [9.17, 15) is 4.79 Å². The fourth-order valence-electron chi connectivity index (χ4n) is 2.29. The summed E-state index contributed by atoms with van der Waals surface area (Å²) in [6, 6.07) is 8.29. The maximum Gasteiger partial charge on any atom is 0.244 e. The van der Waals surface area contributed by atoms with Crippen molar-refractivity contribution in [3.63, 3.8) is 0 Å². The predicted octanol–water partition coefficient (Wildman–Crippen LogP) is 1.74. The summed E-state index contributed by atoms with van der Waals surface area (Å²) in [6.45, 7) is 6.68. The molecule has 0 aromatic heterocycles. The van der Waals surface area contributed by atoms with Crippen LogP contribution in [0.3, 0.4) is 0 Å². The first-order valence-electron chi connectivity index (χ1n) is 7.65. The minimum absolute atomic E-state index is 0.0594. The molecule has 1 aromatic carbocycles. The lowest BCUT2D eigenvalue weighted by Gasteiger charge is -2.27. The fraction of sp³-hybridized carbons (Fsp3) is 0.562. The van der Waals surface area contributed by atoms with Crippen molar-refractivity contribution in [1.29, 1.82) is 0 Å². The standard InChI is InChI=1S/C16H26N4O/c1-12(2)20(3)10-6-9-17-16(21)15-11-18-13-7-4-5-8-14(13)19-15/h4-5,7-8,12,15,18-19H,6,9-11H2,1-3H3,(H,17,21). The molecule has 2 rings (SSSR count). The zero-order valence-electron chi connectivity index (χ0n) is 13.1. The molecule has 1 unspecified atom stereocenters. The van der Waals surface area contributed by atoms with Gasteiger partial charge in [-0.05, 0) is 46.0 Å². The quantitative estimate of drug-likeness (QED) is 0.699. The van der Waals surface area contributed by atoms with E-state index in [1.807, 2.05) is 24.3 Å². The molecule has 5 nitrogen and oxygen atoms in total. The molecule has 0 aliphatic carbocycles. The predicted molar refractivity (Wildman–Crippen MR) is 87.7 cm³/mol. The van der Waals surface area contributed by atoms with Gasteiger partial charge in [0.1, 0.15) is 6.04 Å². The van der Waals surface area contributed by atoms with Crippen molar-refractivity contribution in [1.82, 2.24) is 10.2 Å². The second-order valence-electron chi connectivity index (χ2n) is 5.84. The van der Waals surface area contributed by atoms with Gasteiger partial charge in [0.15, 0.2) is 0 Å². The van der Waals surface area contributed by atoms with Crippen LogP contribution in [0.4, 0.5) is 11.4 Å². The molecule has 0 fully saturated rings. The highest BCUT2D eigenvalue weighted by Gasteiger charge is 2.22. The third kappa shape index (κ3) is 4.36. The van der Waals surface area contributed by atoms with E-state index >= 15 is 0 Å². The number of fused-ring (bicyclic) bond motifs is 1. The van der Waals surface area contributed by atoms with Crippen LogP contribution in [-0.4, -0.2) is 49.6 Å². The summed E-state index contributed by atoms with van der Waals surface area (Å²) in [6.07, 6.45) is 0.969. The molecule has 0 bridgehead atoms. The molecule has 1 heterocycles. The number of nitrogens with zero attached hydrogens (tertiary/aromatic N) is 1. The molecular formula is C16H26N4O. The number of carbonyl (C=O) groups excluding carboxylic acids is 1. The number of hydrogen-bond acceptors (Lipinski definition) is 4. The van der Waals surface area contributed by atoms with Crippen molar-refractivity contribution >= 4 is 17.3 Å². The number of amides is 1. The minimum Gasteiger partial charge on any atom is -0.381 e. The third-order valence-electron chi connectivity index (χ3n) is 3.94. The molecule has 0 radical (unpaired) electrons. The van der Waals surface area contributed by atoms with Gasteiger partial charge < -0.3 is 20.9 Å². The maximum absolute atomic E-state index is 12.2. The van der Waals surface area contributed by atoms with Crippen LogP contribution in [-0.2, 0) is 4.79 Å². The highest BCUT2D eigenvalue weighted by atomic mass is 16.2. The summed E-state index contributed by atoms with van der Waals surface area (Å²) in [5.41, 5.74) is 2.04. The first kappa shape index (κ1) is 15.6. The third-order valence-corrected chi connectivity index (χ3v) is 3.94. The van der Waals surface area contributed by atoms with Gasteiger partial charge in [0.05, 0.1) is 11.4 Å². The first-order valence-corrected chi connectivity index (χ1v) is 7.65. The van der Waals surface area contributed by atoms with E-state index in [-0.39, 0.29) is 11.9 Å². The van der Waals surface area contributed by atoms with Gasteiger partial charge in [-0.2, -0.15) is 0 Å². The van der Waals surface area contributed by atoms with Crippen LogP contribution in [0.2, 0.25) is 0 Å². The molecule has 1 aromatic rings. The van der Waals surface area contributed by atoms with Gasteiger partial charge >= 0.3 is 0 Å². The van der Waals surface area contributed by atoms with Gasteiger partial charge in [-0.1, -0.05) is 12.1 Å². The van der Waals surface area contributed by atoms with E-state index in [2.05, 4.69) is 41.7 Å². The Labute approximate surface area is 127 Å². The molecular weight excluding hydrogens is 264 g/mol. The van der Waals surface area contributed by atoms with Crippen LogP contribution in [0.15, 0.2) is 24.3 Å². The molecule has 3 N–H and O–H groups in total. The summed E-state index contributed by atoms with van der Waals surface area (Å²) < 4.78 is 0. The van der Waals surface area contributed by atoms with Crippen LogP contribution in [0.25, 0.3) is 0 Å². The normalized spacial score (nSPS) is 17.1. The van der Waals surface area contributed by atoms with E-state index < -0.39 is 0 Å². The van der Waals surface area contributed by atoms with Crippen LogP contribution < -0.4 is 16.0 Å². The summed E-state index contributed by atoms with van der Waals surface area (Å²) in [5.74, 6) is 0.0594. The lowest BCUT2D eigenvalue weighted by Crippen LogP contribution is -2.46. The van der Waals surface area contributed by atoms with Crippen molar-refractivity contribution in [2.75, 3.05) is 37.3 Å². The number of para-hydroxylation sites is 2. The zero-order valence-corrected chi connectivity index (χ0v) is 13.1. The lowest BCUT2D eigenvalue weighted by molar-refractivity contribution is -0.121. The minimum atomic E-state index is -0.206. The monoisotopic (exact) mass is 290 g/mol. The molecule has 0 saturated heterocycles. The molecule has 1 atom stereocenters. The van der Waals surface area contributed by atoms with Crippen molar-refractivity contribution in [3.8, 4) is 0 Å². The molecule has 0 spiro atoms. The number of carbonyl (C=O) groups is 1. The molecule has 0 saturated carbocycles. The van der Waals surface area contributed by atoms with E-state index in [1.165, 1.54) is 0 Å². The van der Waals surface area contributed by atoms with Gasteiger partial charge in [-0.15, -0.1) is 0 Å². The maximum atomic E-state index is 12.2. The summed E-state index contributed by atoms with van der Waals surface area (Å²) in [7, 11) is 2.11. The van der Waals surface area contributed by atoms with Gasteiger partial charge in [0, 0.05) is 19.1 Å². The number of anilines is 2. The van der Waals surface area contributed by atoms with E-state index in [1.54, 1.807) is 0 Å². The second kappa shape index (κ2) is 7.31. The largest absolute Gasteiger partial charge is 0.381 e. The average Bonchev–Trinajstić information content (AvgIpc) is 2.50. The Kier molecular flexibility index (Phi) is 5.44. The summed E-state index contributed by atoms with van der Waals surface area (Å²) in [5, 5.41) is 9.57. The Morgan fingerprint density at radius 1 is 1.38 bits per heavy atom. The van der Waals surface area contributed by atoms with Gasteiger partial charge in [-0.25, -0.2) is 0 Å². The molecule has 21 heavy (non-hydrogen) atoms. The van der Waals surface area contributed by atoms with Crippen LogP contribution in [0.1, 0.15) is 20.3 Å². The number of hydrogen-bond donors (Lipinski definition) is 3. The number of rotatable bonds is 6. The second-order valence-corrected chi connectivity index (χ2v) is 5.84. The van der Waals surface area contributed by atoms with Crippen LogP contribution in [0, 0.1) is 0 Å². The highest BCUT2D eigenvalue weighted by molar-refractivity contribution is 5.88. The van der Waals surface area contributed by atoms with Crippen molar-refractivity contribution < 1.29 is 4.79 Å². The van der Waals surface area contributed by atoms with Crippen LogP contribution in [0.5, 0.6) is 0 Å². The van der Waals surface area contributed by atoms with Crippen molar-refractivity contribution in [3.05, 3.63) is 24.3 Å².